The summed E-state index contributed by atoms with van der Waals surface area (Å²) in [6.45, 7) is 2.63. The number of non-ortho nitro benzene ring substituents is 1. The van der Waals surface area contributed by atoms with Crippen molar-refractivity contribution in [2.24, 2.45) is 0 Å². The van der Waals surface area contributed by atoms with Crippen LogP contribution in [-0.4, -0.2) is 29.5 Å². The molecular formula is C19H16N6O3. The van der Waals surface area contributed by atoms with Gasteiger partial charge in [0, 0.05) is 12.1 Å². The molecule has 4 rings (SSSR count). The zero-order valence-corrected chi connectivity index (χ0v) is 15.0. The van der Waals surface area contributed by atoms with Crippen LogP contribution in [0, 0.1) is 17.0 Å². The van der Waals surface area contributed by atoms with Gasteiger partial charge in [0.25, 0.3) is 11.2 Å². The summed E-state index contributed by atoms with van der Waals surface area (Å²) in [5.74, 6) is 0. The highest BCUT2D eigenvalue weighted by molar-refractivity contribution is 5.67. The Kier molecular flexibility index (Phi) is 4.40. The highest BCUT2D eigenvalue weighted by Gasteiger charge is 2.13. The minimum absolute atomic E-state index is 0.0244. The van der Waals surface area contributed by atoms with E-state index in [0.29, 0.717) is 17.8 Å². The van der Waals surface area contributed by atoms with Crippen molar-refractivity contribution < 1.29 is 4.92 Å². The molecule has 140 valence electrons. The van der Waals surface area contributed by atoms with Crippen molar-refractivity contribution >= 4 is 16.9 Å². The average Bonchev–Trinajstić information content (AvgIpc) is 3.09. The van der Waals surface area contributed by atoms with E-state index in [4.69, 9.17) is 0 Å². The fourth-order valence-electron chi connectivity index (χ4n) is 2.94. The quantitative estimate of drug-likeness (QED) is 0.390. The first-order chi connectivity index (χ1) is 13.5. The summed E-state index contributed by atoms with van der Waals surface area (Å²) in [4.78, 5) is 27.5. The topological polar surface area (TPSA) is 109 Å². The van der Waals surface area contributed by atoms with Gasteiger partial charge in [0.15, 0.2) is 11.2 Å². The molecule has 0 unspecified atom stereocenters. The molecule has 0 saturated carbocycles. The molecule has 0 amide bonds. The van der Waals surface area contributed by atoms with Gasteiger partial charge >= 0.3 is 0 Å². The van der Waals surface area contributed by atoms with Gasteiger partial charge in [-0.3, -0.25) is 19.5 Å². The van der Waals surface area contributed by atoms with Gasteiger partial charge in [-0.2, -0.15) is 0 Å². The molecule has 0 N–H and O–H groups in total. The van der Waals surface area contributed by atoms with E-state index in [1.54, 1.807) is 16.8 Å². The summed E-state index contributed by atoms with van der Waals surface area (Å²) in [6.07, 6.45) is 1.42. The molecule has 0 aliphatic rings. The minimum atomic E-state index is -0.468. The van der Waals surface area contributed by atoms with E-state index in [1.807, 2.05) is 31.2 Å². The zero-order chi connectivity index (χ0) is 19.7. The Morgan fingerprint density at radius 2 is 1.86 bits per heavy atom. The van der Waals surface area contributed by atoms with Crippen molar-refractivity contribution in [2.45, 2.75) is 20.0 Å². The van der Waals surface area contributed by atoms with E-state index in [2.05, 4.69) is 15.3 Å². The van der Waals surface area contributed by atoms with Crippen LogP contribution >= 0.6 is 0 Å². The minimum Gasteiger partial charge on any atom is -0.293 e. The van der Waals surface area contributed by atoms with E-state index in [9.17, 15) is 14.9 Å². The Labute approximate surface area is 159 Å². The van der Waals surface area contributed by atoms with Crippen molar-refractivity contribution in [3.05, 3.63) is 92.0 Å². The van der Waals surface area contributed by atoms with E-state index in [0.717, 1.165) is 11.1 Å². The lowest BCUT2D eigenvalue weighted by Gasteiger charge is -2.06. The molecule has 0 aliphatic carbocycles. The van der Waals surface area contributed by atoms with Crippen molar-refractivity contribution in [3.8, 4) is 0 Å². The number of aryl methyl sites for hydroxylation is 1. The molecule has 2 heterocycles. The lowest BCUT2D eigenvalue weighted by atomic mass is 10.1. The van der Waals surface area contributed by atoms with Crippen LogP contribution in [0.5, 0.6) is 0 Å². The second-order valence-corrected chi connectivity index (χ2v) is 6.51. The Morgan fingerprint density at radius 3 is 2.61 bits per heavy atom. The monoisotopic (exact) mass is 376 g/mol. The highest BCUT2D eigenvalue weighted by Crippen LogP contribution is 2.14. The van der Waals surface area contributed by atoms with Gasteiger partial charge < -0.3 is 0 Å². The Morgan fingerprint density at radius 1 is 1.07 bits per heavy atom. The molecule has 0 spiro atoms. The molecule has 28 heavy (non-hydrogen) atoms. The van der Waals surface area contributed by atoms with Gasteiger partial charge in [0.1, 0.15) is 6.33 Å². The van der Waals surface area contributed by atoms with Crippen LogP contribution in [0.3, 0.4) is 0 Å². The van der Waals surface area contributed by atoms with Crippen LogP contribution in [0.2, 0.25) is 0 Å². The molecule has 0 saturated heterocycles. The summed E-state index contributed by atoms with van der Waals surface area (Å²) >= 11 is 0. The van der Waals surface area contributed by atoms with E-state index in [-0.39, 0.29) is 23.3 Å². The van der Waals surface area contributed by atoms with Gasteiger partial charge in [-0.05, 0) is 18.1 Å². The number of benzene rings is 2. The van der Waals surface area contributed by atoms with Crippen molar-refractivity contribution in [3.63, 3.8) is 0 Å². The fourth-order valence-corrected chi connectivity index (χ4v) is 2.94. The van der Waals surface area contributed by atoms with Gasteiger partial charge in [-0.25, -0.2) is 9.67 Å². The first-order valence-corrected chi connectivity index (χ1v) is 8.59. The molecule has 0 fully saturated rings. The Balaban J connectivity index is 1.65. The number of aromatic nitrogens is 5. The molecule has 0 atom stereocenters. The number of nitro groups is 1. The maximum Gasteiger partial charge on any atom is 0.283 e. The summed E-state index contributed by atoms with van der Waals surface area (Å²) in [5, 5.41) is 19.0. The average molecular weight is 376 g/mol. The Hall–Kier alpha value is -3.88. The first kappa shape index (κ1) is 17.5. The third-order valence-electron chi connectivity index (χ3n) is 4.42. The first-order valence-electron chi connectivity index (χ1n) is 8.59. The van der Waals surface area contributed by atoms with Gasteiger partial charge in [-0.15, -0.1) is 5.10 Å². The number of rotatable bonds is 5. The second-order valence-electron chi connectivity index (χ2n) is 6.51. The zero-order valence-electron chi connectivity index (χ0n) is 15.0. The molecule has 0 radical (unpaired) electrons. The van der Waals surface area contributed by atoms with Crippen LogP contribution in [0.1, 0.15) is 16.7 Å². The SMILES string of the molecule is Cc1ccc(Cn2nnc3c(=O)n(Cc4cccc([N+](=O)[O-])c4)cnc32)cc1. The summed E-state index contributed by atoms with van der Waals surface area (Å²) < 4.78 is 2.95. The molecule has 0 aliphatic heterocycles. The third kappa shape index (κ3) is 3.37. The second kappa shape index (κ2) is 7.03. The predicted octanol–water partition coefficient (Wildman–Crippen LogP) is 2.30. The maximum atomic E-state index is 12.7. The lowest BCUT2D eigenvalue weighted by Crippen LogP contribution is -2.21. The molecular weight excluding hydrogens is 360 g/mol. The number of fused-ring (bicyclic) bond motifs is 1. The third-order valence-corrected chi connectivity index (χ3v) is 4.42. The summed E-state index contributed by atoms with van der Waals surface area (Å²) in [7, 11) is 0. The van der Waals surface area contributed by atoms with Crippen molar-refractivity contribution in [2.75, 3.05) is 0 Å². The van der Waals surface area contributed by atoms with Gasteiger partial charge in [0.05, 0.1) is 18.0 Å². The number of nitrogens with zero attached hydrogens (tertiary/aromatic N) is 6. The molecule has 2 aromatic carbocycles. The van der Waals surface area contributed by atoms with Crippen LogP contribution in [0.4, 0.5) is 5.69 Å². The highest BCUT2D eigenvalue weighted by atomic mass is 16.6. The molecule has 2 aromatic heterocycles. The lowest BCUT2D eigenvalue weighted by molar-refractivity contribution is -0.384. The van der Waals surface area contributed by atoms with Crippen molar-refractivity contribution in [1.82, 2.24) is 24.5 Å². The largest absolute Gasteiger partial charge is 0.293 e. The summed E-state index contributed by atoms with van der Waals surface area (Å²) in [5.41, 5.74) is 3.02. The number of hydrogen-bond donors (Lipinski definition) is 0. The van der Waals surface area contributed by atoms with Gasteiger partial charge in [-0.1, -0.05) is 47.2 Å². The van der Waals surface area contributed by atoms with Crippen LogP contribution < -0.4 is 5.56 Å². The Bertz CT molecular complexity index is 1230. The van der Waals surface area contributed by atoms with Crippen molar-refractivity contribution in [1.29, 1.82) is 0 Å². The summed E-state index contributed by atoms with van der Waals surface area (Å²) in [6, 6.07) is 14.1. The molecule has 0 bridgehead atoms. The van der Waals surface area contributed by atoms with E-state index in [1.165, 1.54) is 23.0 Å². The van der Waals surface area contributed by atoms with Crippen LogP contribution in [0.25, 0.3) is 11.2 Å². The van der Waals surface area contributed by atoms with E-state index >= 15 is 0 Å². The molecule has 9 nitrogen and oxygen atoms in total. The number of hydrogen-bond acceptors (Lipinski definition) is 6. The van der Waals surface area contributed by atoms with Crippen LogP contribution in [0.15, 0.2) is 59.7 Å². The number of nitro benzene ring substituents is 1. The van der Waals surface area contributed by atoms with Gasteiger partial charge in [0.2, 0.25) is 0 Å². The molecule has 4 aromatic rings. The standard InChI is InChI=1S/C19H16N6O3/c1-13-5-7-14(8-6-13)11-24-18-17(21-22-24)19(26)23(12-20-18)10-15-3-2-4-16(9-15)25(27)28/h2-9,12H,10-11H2,1H3. The fraction of sp³-hybridized carbons (Fsp3) is 0.158. The van der Waals surface area contributed by atoms with Crippen LogP contribution in [-0.2, 0) is 13.1 Å². The molecule has 9 heteroatoms. The maximum absolute atomic E-state index is 12.7. The smallest absolute Gasteiger partial charge is 0.283 e. The van der Waals surface area contributed by atoms with E-state index < -0.39 is 4.92 Å². The predicted molar refractivity (Wildman–Crippen MR) is 102 cm³/mol. The normalized spacial score (nSPS) is 11.0.